The Morgan fingerprint density at radius 2 is 2.43 bits per heavy atom. The molecule has 0 bridgehead atoms. The molecule has 0 amide bonds. The van der Waals surface area contributed by atoms with Gasteiger partial charge in [-0.2, -0.15) is 0 Å². The van der Waals surface area contributed by atoms with Crippen molar-refractivity contribution in [3.8, 4) is 10.6 Å². The Hall–Kier alpha value is -1.57. The maximum Gasteiger partial charge on any atom is 0.229 e. The van der Waals surface area contributed by atoms with Crippen LogP contribution in [0.4, 0.5) is 5.95 Å². The van der Waals surface area contributed by atoms with Gasteiger partial charge in [0.15, 0.2) is 5.11 Å². The lowest BCUT2D eigenvalue weighted by atomic mass is 10.2. The SMILES string of the molecule is S=C(NC[C@@H]1CCCO1)Nc1nccc(-c2cccs2)n1. The Balaban J connectivity index is 1.56. The topological polar surface area (TPSA) is 59.1 Å². The Morgan fingerprint density at radius 3 is 3.19 bits per heavy atom. The van der Waals surface area contributed by atoms with E-state index in [4.69, 9.17) is 17.0 Å². The van der Waals surface area contributed by atoms with Gasteiger partial charge in [-0.25, -0.2) is 9.97 Å². The molecule has 0 saturated carbocycles. The minimum Gasteiger partial charge on any atom is -0.376 e. The molecule has 1 saturated heterocycles. The second-order valence-electron chi connectivity index (χ2n) is 4.71. The molecule has 2 aromatic heterocycles. The molecule has 2 aromatic rings. The first-order valence-corrected chi connectivity index (χ1v) is 8.13. The number of rotatable bonds is 4. The fourth-order valence-corrected chi connectivity index (χ4v) is 3.01. The molecule has 1 atom stereocenters. The number of ether oxygens (including phenoxy) is 1. The lowest BCUT2D eigenvalue weighted by Gasteiger charge is -2.13. The molecule has 2 N–H and O–H groups in total. The van der Waals surface area contributed by atoms with Crippen LogP contribution in [0, 0.1) is 0 Å². The molecule has 3 rings (SSSR count). The van der Waals surface area contributed by atoms with E-state index in [0.29, 0.717) is 11.1 Å². The van der Waals surface area contributed by atoms with Crippen molar-refractivity contribution in [1.29, 1.82) is 0 Å². The molecule has 0 spiro atoms. The van der Waals surface area contributed by atoms with Crippen LogP contribution < -0.4 is 10.6 Å². The van der Waals surface area contributed by atoms with Crippen LogP contribution in [0.15, 0.2) is 29.8 Å². The van der Waals surface area contributed by atoms with Gasteiger partial charge in [-0.15, -0.1) is 11.3 Å². The zero-order valence-corrected chi connectivity index (χ0v) is 13.0. The highest BCUT2D eigenvalue weighted by atomic mass is 32.1. The standard InChI is InChI=1S/C14H16N4OS2/c20-14(16-9-10-3-1-7-19-10)18-13-15-6-5-11(17-13)12-4-2-8-21-12/h2,4-6,8,10H,1,3,7,9H2,(H2,15,16,17,18,20)/t10-/m0/s1. The quantitative estimate of drug-likeness (QED) is 0.845. The van der Waals surface area contributed by atoms with E-state index in [-0.39, 0.29) is 6.10 Å². The summed E-state index contributed by atoms with van der Waals surface area (Å²) in [5.41, 5.74) is 0.893. The molecule has 1 aliphatic rings. The van der Waals surface area contributed by atoms with Crippen molar-refractivity contribution in [3.05, 3.63) is 29.8 Å². The van der Waals surface area contributed by atoms with Crippen molar-refractivity contribution in [2.24, 2.45) is 0 Å². The van der Waals surface area contributed by atoms with E-state index in [9.17, 15) is 0 Å². The summed E-state index contributed by atoms with van der Waals surface area (Å²) >= 11 is 6.91. The van der Waals surface area contributed by atoms with Crippen molar-refractivity contribution in [2.75, 3.05) is 18.5 Å². The average molecular weight is 320 g/mol. The van der Waals surface area contributed by atoms with Gasteiger partial charge in [0.1, 0.15) is 0 Å². The van der Waals surface area contributed by atoms with Crippen molar-refractivity contribution in [2.45, 2.75) is 18.9 Å². The lowest BCUT2D eigenvalue weighted by molar-refractivity contribution is 0.114. The number of hydrogen-bond acceptors (Lipinski definition) is 5. The summed E-state index contributed by atoms with van der Waals surface area (Å²) in [5, 5.41) is 8.71. The third-order valence-corrected chi connectivity index (χ3v) is 4.31. The highest BCUT2D eigenvalue weighted by Crippen LogP contribution is 2.22. The summed E-state index contributed by atoms with van der Waals surface area (Å²) in [4.78, 5) is 9.77. The summed E-state index contributed by atoms with van der Waals surface area (Å²) in [6.45, 7) is 1.56. The number of anilines is 1. The van der Waals surface area contributed by atoms with Gasteiger partial charge in [0.05, 0.1) is 16.7 Å². The summed E-state index contributed by atoms with van der Waals surface area (Å²) in [7, 11) is 0. The van der Waals surface area contributed by atoms with E-state index >= 15 is 0 Å². The van der Waals surface area contributed by atoms with E-state index < -0.39 is 0 Å². The molecule has 5 nitrogen and oxygen atoms in total. The zero-order chi connectivity index (χ0) is 14.5. The van der Waals surface area contributed by atoms with E-state index in [1.807, 2.05) is 23.6 Å². The van der Waals surface area contributed by atoms with Gasteiger partial charge in [0, 0.05) is 19.3 Å². The van der Waals surface area contributed by atoms with Gasteiger partial charge < -0.3 is 15.4 Å². The summed E-state index contributed by atoms with van der Waals surface area (Å²) in [5.74, 6) is 0.505. The molecule has 7 heteroatoms. The van der Waals surface area contributed by atoms with Crippen LogP contribution in [0.5, 0.6) is 0 Å². The maximum absolute atomic E-state index is 5.54. The fourth-order valence-electron chi connectivity index (χ4n) is 2.14. The van der Waals surface area contributed by atoms with E-state index in [0.717, 1.165) is 36.6 Å². The summed E-state index contributed by atoms with van der Waals surface area (Å²) < 4.78 is 5.54. The smallest absolute Gasteiger partial charge is 0.229 e. The number of nitrogens with one attached hydrogen (secondary N) is 2. The largest absolute Gasteiger partial charge is 0.376 e. The highest BCUT2D eigenvalue weighted by Gasteiger charge is 2.15. The van der Waals surface area contributed by atoms with E-state index in [2.05, 4.69) is 20.6 Å². The van der Waals surface area contributed by atoms with Crippen molar-refractivity contribution < 1.29 is 4.74 Å². The second-order valence-corrected chi connectivity index (χ2v) is 6.07. The van der Waals surface area contributed by atoms with Crippen LogP contribution >= 0.6 is 23.6 Å². The molecule has 1 aliphatic heterocycles. The Kier molecular flexibility index (Phi) is 4.74. The molecule has 0 aliphatic carbocycles. The Labute approximate surface area is 132 Å². The molecular weight excluding hydrogens is 304 g/mol. The van der Waals surface area contributed by atoms with Crippen molar-refractivity contribution in [1.82, 2.24) is 15.3 Å². The molecule has 0 radical (unpaired) electrons. The molecule has 110 valence electrons. The lowest BCUT2D eigenvalue weighted by Crippen LogP contribution is -2.35. The minimum absolute atomic E-state index is 0.253. The van der Waals surface area contributed by atoms with Crippen LogP contribution in [-0.2, 0) is 4.74 Å². The number of thiocarbonyl (C=S) groups is 1. The third-order valence-electron chi connectivity index (χ3n) is 3.17. The van der Waals surface area contributed by atoms with Gasteiger partial charge in [0.25, 0.3) is 0 Å². The predicted octanol–water partition coefficient (Wildman–Crippen LogP) is 2.67. The van der Waals surface area contributed by atoms with E-state index in [1.54, 1.807) is 17.5 Å². The summed E-state index contributed by atoms with van der Waals surface area (Å²) in [6, 6.07) is 5.92. The summed E-state index contributed by atoms with van der Waals surface area (Å²) in [6.07, 6.45) is 4.19. The number of thiophene rings is 1. The molecule has 21 heavy (non-hydrogen) atoms. The Morgan fingerprint density at radius 1 is 1.48 bits per heavy atom. The van der Waals surface area contributed by atoms with Gasteiger partial charge >= 0.3 is 0 Å². The van der Waals surface area contributed by atoms with Crippen LogP contribution in [-0.4, -0.2) is 34.3 Å². The van der Waals surface area contributed by atoms with E-state index in [1.165, 1.54) is 0 Å². The van der Waals surface area contributed by atoms with Crippen LogP contribution in [0.2, 0.25) is 0 Å². The van der Waals surface area contributed by atoms with Gasteiger partial charge in [-0.05, 0) is 42.6 Å². The molecule has 3 heterocycles. The number of aromatic nitrogens is 2. The molecule has 1 fully saturated rings. The van der Waals surface area contributed by atoms with Crippen molar-refractivity contribution >= 4 is 34.6 Å². The van der Waals surface area contributed by atoms with Gasteiger partial charge in [-0.1, -0.05) is 6.07 Å². The zero-order valence-electron chi connectivity index (χ0n) is 11.4. The fraction of sp³-hybridized carbons (Fsp3) is 0.357. The van der Waals surface area contributed by atoms with Crippen LogP contribution in [0.3, 0.4) is 0 Å². The Bertz CT molecular complexity index is 597. The molecule has 0 unspecified atom stereocenters. The first kappa shape index (κ1) is 14.4. The minimum atomic E-state index is 0.253. The molecule has 0 aromatic carbocycles. The predicted molar refractivity (Wildman–Crippen MR) is 88.5 cm³/mol. The first-order chi connectivity index (χ1) is 10.3. The number of hydrogen-bond donors (Lipinski definition) is 2. The molecular formula is C14H16N4OS2. The monoisotopic (exact) mass is 320 g/mol. The van der Waals surface area contributed by atoms with Crippen molar-refractivity contribution in [3.63, 3.8) is 0 Å². The normalized spacial score (nSPS) is 17.6. The second kappa shape index (κ2) is 6.93. The van der Waals surface area contributed by atoms with Gasteiger partial charge in [0.2, 0.25) is 5.95 Å². The van der Waals surface area contributed by atoms with Crippen LogP contribution in [0.1, 0.15) is 12.8 Å². The van der Waals surface area contributed by atoms with Crippen LogP contribution in [0.25, 0.3) is 10.6 Å². The number of nitrogens with zero attached hydrogens (tertiary/aromatic N) is 2. The third kappa shape index (κ3) is 3.96. The highest BCUT2D eigenvalue weighted by molar-refractivity contribution is 7.80. The maximum atomic E-state index is 5.54. The average Bonchev–Trinajstić information content (AvgIpc) is 3.19. The first-order valence-electron chi connectivity index (χ1n) is 6.84. The van der Waals surface area contributed by atoms with Gasteiger partial charge in [-0.3, -0.25) is 0 Å².